The number of rotatable bonds is 5. The smallest absolute Gasteiger partial charge is 0.416 e. The number of ether oxygens (including phenoxy) is 1. The minimum Gasteiger partial charge on any atom is -0.468 e. The van der Waals surface area contributed by atoms with Crippen molar-refractivity contribution in [3.63, 3.8) is 0 Å². The van der Waals surface area contributed by atoms with Crippen LogP contribution in [0.1, 0.15) is 27.9 Å². The molecule has 1 aromatic carbocycles. The van der Waals surface area contributed by atoms with Crippen molar-refractivity contribution in [3.05, 3.63) is 51.5 Å². The summed E-state index contributed by atoms with van der Waals surface area (Å²) in [5.74, 6) is -0.782. The van der Waals surface area contributed by atoms with Crippen LogP contribution in [0, 0.1) is 6.92 Å². The van der Waals surface area contributed by atoms with Gasteiger partial charge in [0.2, 0.25) is 0 Å². The number of methoxy groups -OCH3 is 1. The number of aryl methyl sites for hydroxylation is 1. The summed E-state index contributed by atoms with van der Waals surface area (Å²) in [5.41, 5.74) is -0.213. The zero-order valence-corrected chi connectivity index (χ0v) is 13.3. The first-order valence-electron chi connectivity index (χ1n) is 6.71. The van der Waals surface area contributed by atoms with Crippen molar-refractivity contribution in [2.75, 3.05) is 7.11 Å². The van der Waals surface area contributed by atoms with Gasteiger partial charge in [0.1, 0.15) is 11.0 Å². The standard InChI is InChI=1S/C15H15F3N2O2S/c1-9-8-23-12(20-9)7-19-13(14(21)22-2)10-5-3-4-6-11(10)15(16,17)18/h3-6,8,13,19H,7H2,1-2H3. The maximum Gasteiger partial charge on any atom is 0.416 e. The van der Waals surface area contributed by atoms with Crippen LogP contribution in [-0.4, -0.2) is 18.1 Å². The first-order chi connectivity index (χ1) is 10.8. The number of nitrogens with one attached hydrogen (secondary N) is 1. The minimum absolute atomic E-state index is 0.167. The van der Waals surface area contributed by atoms with Crippen molar-refractivity contribution in [2.24, 2.45) is 0 Å². The van der Waals surface area contributed by atoms with Gasteiger partial charge in [-0.1, -0.05) is 18.2 Å². The van der Waals surface area contributed by atoms with Crippen molar-refractivity contribution >= 4 is 17.3 Å². The highest BCUT2D eigenvalue weighted by Crippen LogP contribution is 2.35. The Balaban J connectivity index is 2.30. The van der Waals surface area contributed by atoms with Crippen molar-refractivity contribution in [2.45, 2.75) is 25.7 Å². The summed E-state index contributed by atoms with van der Waals surface area (Å²) in [5, 5.41) is 5.31. The number of thiazole rings is 1. The molecular formula is C15H15F3N2O2S. The molecule has 0 aliphatic heterocycles. The molecule has 1 atom stereocenters. The summed E-state index contributed by atoms with van der Waals surface area (Å²) in [7, 11) is 1.14. The topological polar surface area (TPSA) is 51.2 Å². The highest BCUT2D eigenvalue weighted by atomic mass is 32.1. The molecule has 1 aromatic heterocycles. The van der Waals surface area contributed by atoms with Gasteiger partial charge in [0.15, 0.2) is 0 Å². The molecule has 1 unspecified atom stereocenters. The van der Waals surface area contributed by atoms with E-state index in [0.717, 1.165) is 18.9 Å². The Morgan fingerprint density at radius 1 is 1.39 bits per heavy atom. The van der Waals surface area contributed by atoms with Gasteiger partial charge in [0.25, 0.3) is 0 Å². The Morgan fingerprint density at radius 2 is 2.09 bits per heavy atom. The SMILES string of the molecule is COC(=O)C(NCc1nc(C)cs1)c1ccccc1C(F)(F)F. The van der Waals surface area contributed by atoms with Crippen LogP contribution in [0.3, 0.4) is 0 Å². The zero-order valence-electron chi connectivity index (χ0n) is 12.5. The molecule has 0 fully saturated rings. The van der Waals surface area contributed by atoms with Crippen molar-refractivity contribution < 1.29 is 22.7 Å². The number of halogens is 3. The maximum atomic E-state index is 13.2. The lowest BCUT2D eigenvalue weighted by Gasteiger charge is -2.20. The van der Waals surface area contributed by atoms with Crippen LogP contribution >= 0.6 is 11.3 Å². The molecule has 0 aliphatic carbocycles. The van der Waals surface area contributed by atoms with E-state index in [1.807, 2.05) is 12.3 Å². The third-order valence-corrected chi connectivity index (χ3v) is 4.10. The molecule has 4 nitrogen and oxygen atoms in total. The number of aromatic nitrogens is 1. The van der Waals surface area contributed by atoms with E-state index < -0.39 is 23.8 Å². The number of hydrogen-bond acceptors (Lipinski definition) is 5. The summed E-state index contributed by atoms with van der Waals surface area (Å²) in [6.45, 7) is 1.99. The second kappa shape index (κ2) is 7.10. The molecule has 124 valence electrons. The Labute approximate surface area is 135 Å². The van der Waals surface area contributed by atoms with E-state index in [0.29, 0.717) is 5.01 Å². The van der Waals surface area contributed by atoms with E-state index >= 15 is 0 Å². The van der Waals surface area contributed by atoms with Gasteiger partial charge in [-0.25, -0.2) is 9.78 Å². The van der Waals surface area contributed by atoms with E-state index in [1.165, 1.54) is 29.5 Å². The second-order valence-electron chi connectivity index (χ2n) is 4.80. The molecule has 0 spiro atoms. The first kappa shape index (κ1) is 17.4. The van der Waals surface area contributed by atoms with Gasteiger partial charge in [-0.15, -0.1) is 11.3 Å². The highest BCUT2D eigenvalue weighted by Gasteiger charge is 2.37. The lowest BCUT2D eigenvalue weighted by molar-refractivity contribution is -0.145. The fraction of sp³-hybridized carbons (Fsp3) is 0.333. The lowest BCUT2D eigenvalue weighted by atomic mass is 10.00. The third-order valence-electron chi connectivity index (χ3n) is 3.14. The van der Waals surface area contributed by atoms with E-state index in [2.05, 4.69) is 15.0 Å². The van der Waals surface area contributed by atoms with Crippen molar-refractivity contribution in [1.82, 2.24) is 10.3 Å². The number of nitrogens with zero attached hydrogens (tertiary/aromatic N) is 1. The Morgan fingerprint density at radius 3 is 2.65 bits per heavy atom. The molecule has 23 heavy (non-hydrogen) atoms. The average molecular weight is 344 g/mol. The third kappa shape index (κ3) is 4.29. The number of esters is 1. The van der Waals surface area contributed by atoms with Crippen LogP contribution in [0.5, 0.6) is 0 Å². The first-order valence-corrected chi connectivity index (χ1v) is 7.59. The molecule has 0 aliphatic rings. The molecule has 2 rings (SSSR count). The fourth-order valence-corrected chi connectivity index (χ4v) is 2.84. The molecular weight excluding hydrogens is 329 g/mol. The summed E-state index contributed by atoms with van der Waals surface area (Å²) >= 11 is 1.37. The van der Waals surface area contributed by atoms with Gasteiger partial charge in [-0.05, 0) is 18.6 Å². The van der Waals surface area contributed by atoms with E-state index in [4.69, 9.17) is 0 Å². The highest BCUT2D eigenvalue weighted by molar-refractivity contribution is 7.09. The van der Waals surface area contributed by atoms with E-state index in [-0.39, 0.29) is 12.1 Å². The predicted molar refractivity (Wildman–Crippen MR) is 79.9 cm³/mol. The largest absolute Gasteiger partial charge is 0.468 e. The van der Waals surface area contributed by atoms with Crippen LogP contribution in [-0.2, 0) is 22.3 Å². The average Bonchev–Trinajstić information content (AvgIpc) is 2.92. The molecule has 0 saturated heterocycles. The molecule has 0 amide bonds. The van der Waals surface area contributed by atoms with E-state index in [9.17, 15) is 18.0 Å². The quantitative estimate of drug-likeness (QED) is 0.844. The van der Waals surface area contributed by atoms with Gasteiger partial charge < -0.3 is 4.74 Å². The number of carbonyl (C=O) groups is 1. The molecule has 0 saturated carbocycles. The van der Waals surface area contributed by atoms with Crippen LogP contribution in [0.15, 0.2) is 29.6 Å². The molecule has 0 bridgehead atoms. The minimum atomic E-state index is -4.55. The Bertz CT molecular complexity index is 685. The fourth-order valence-electron chi connectivity index (χ4n) is 2.12. The molecule has 1 heterocycles. The lowest BCUT2D eigenvalue weighted by Crippen LogP contribution is -2.31. The van der Waals surface area contributed by atoms with Crippen LogP contribution in [0.2, 0.25) is 0 Å². The normalized spacial score (nSPS) is 12.9. The van der Waals surface area contributed by atoms with Crippen molar-refractivity contribution in [1.29, 1.82) is 0 Å². The Kier molecular flexibility index (Phi) is 5.38. The van der Waals surface area contributed by atoms with Gasteiger partial charge in [0.05, 0.1) is 12.7 Å². The van der Waals surface area contributed by atoms with Gasteiger partial charge >= 0.3 is 12.1 Å². The van der Waals surface area contributed by atoms with Crippen LogP contribution < -0.4 is 5.32 Å². The number of alkyl halides is 3. The predicted octanol–water partition coefficient (Wildman–Crippen LogP) is 3.47. The monoisotopic (exact) mass is 344 g/mol. The van der Waals surface area contributed by atoms with Gasteiger partial charge in [-0.2, -0.15) is 13.2 Å². The molecule has 0 radical (unpaired) electrons. The number of carbonyl (C=O) groups excluding carboxylic acids is 1. The van der Waals surface area contributed by atoms with Crippen LogP contribution in [0.25, 0.3) is 0 Å². The van der Waals surface area contributed by atoms with Gasteiger partial charge in [0, 0.05) is 17.6 Å². The second-order valence-corrected chi connectivity index (χ2v) is 5.75. The Hall–Kier alpha value is -1.93. The van der Waals surface area contributed by atoms with E-state index in [1.54, 1.807) is 0 Å². The molecule has 8 heteroatoms. The van der Waals surface area contributed by atoms with Crippen LogP contribution in [0.4, 0.5) is 13.2 Å². The number of hydrogen-bond donors (Lipinski definition) is 1. The summed E-state index contributed by atoms with van der Waals surface area (Å²) in [6, 6.07) is 3.73. The van der Waals surface area contributed by atoms with Crippen molar-refractivity contribution in [3.8, 4) is 0 Å². The molecule has 1 N–H and O–H groups in total. The summed E-state index contributed by atoms with van der Waals surface area (Å²) in [6.07, 6.45) is -4.55. The van der Waals surface area contributed by atoms with Gasteiger partial charge in [-0.3, -0.25) is 5.32 Å². The summed E-state index contributed by atoms with van der Waals surface area (Å²) < 4.78 is 44.1. The summed E-state index contributed by atoms with van der Waals surface area (Å²) in [4.78, 5) is 16.2. The zero-order chi connectivity index (χ0) is 17.0. The maximum absolute atomic E-state index is 13.2. The number of benzene rings is 1. The molecule has 2 aromatic rings.